The van der Waals surface area contributed by atoms with Crippen molar-refractivity contribution in [2.75, 3.05) is 23.0 Å². The minimum atomic E-state index is -3.54. The van der Waals surface area contributed by atoms with E-state index in [4.69, 9.17) is 17.0 Å². The molecule has 2 unspecified atom stereocenters. The molecule has 1 fully saturated rings. The van der Waals surface area contributed by atoms with E-state index in [-0.39, 0.29) is 12.1 Å². The number of nitrogens with zero attached hydrogens (tertiary/aromatic N) is 4. The Morgan fingerprint density at radius 1 is 1.05 bits per heavy atom. The van der Waals surface area contributed by atoms with Crippen molar-refractivity contribution in [3.8, 4) is 11.4 Å². The molecule has 1 aromatic carbocycles. The van der Waals surface area contributed by atoms with E-state index < -0.39 is 10.0 Å². The van der Waals surface area contributed by atoms with E-state index in [1.54, 1.807) is 24.5 Å². The lowest BCUT2D eigenvalue weighted by molar-refractivity contribution is 0.417. The maximum absolute atomic E-state index is 12.1. The Hall–Kier alpha value is -3.96. The summed E-state index contributed by atoms with van der Waals surface area (Å²) in [5.74, 6) is 0.407. The first-order chi connectivity index (χ1) is 18.2. The van der Waals surface area contributed by atoms with Gasteiger partial charge in [-0.1, -0.05) is 6.07 Å². The fourth-order valence-electron chi connectivity index (χ4n) is 5.04. The summed E-state index contributed by atoms with van der Waals surface area (Å²) in [6.45, 7) is 4.14. The summed E-state index contributed by atoms with van der Waals surface area (Å²) >= 11 is 5.87. The van der Waals surface area contributed by atoms with Gasteiger partial charge in [-0.25, -0.2) is 8.42 Å². The summed E-state index contributed by atoms with van der Waals surface area (Å²) in [4.78, 5) is 10.9. The van der Waals surface area contributed by atoms with E-state index in [0.717, 1.165) is 34.6 Å². The molecule has 5 rings (SSSR count). The lowest BCUT2D eigenvalue weighted by Gasteiger charge is -2.29. The highest BCUT2D eigenvalue weighted by atomic mass is 32.2. The second-order valence-corrected chi connectivity index (χ2v) is 11.3. The summed E-state index contributed by atoms with van der Waals surface area (Å²) in [5, 5.41) is 3.97. The van der Waals surface area contributed by atoms with E-state index >= 15 is 0 Å². The number of benzene rings is 1. The number of aromatic nitrogens is 3. The molecule has 0 spiro atoms. The number of sulfonamides is 1. The predicted octanol–water partition coefficient (Wildman–Crippen LogP) is 4.44. The molecule has 1 aliphatic heterocycles. The van der Waals surface area contributed by atoms with Gasteiger partial charge in [0, 0.05) is 29.5 Å². The van der Waals surface area contributed by atoms with Crippen molar-refractivity contribution in [2.24, 2.45) is 0 Å². The van der Waals surface area contributed by atoms with Gasteiger partial charge in [0.2, 0.25) is 10.0 Å². The highest BCUT2D eigenvalue weighted by Crippen LogP contribution is 2.45. The maximum Gasteiger partial charge on any atom is 0.229 e. The molecular formula is C27H28N6O3S2. The molecule has 4 aromatic rings. The molecule has 0 bridgehead atoms. The lowest BCUT2D eigenvalue weighted by Crippen LogP contribution is -2.29. The average molecular weight is 549 g/mol. The van der Waals surface area contributed by atoms with Gasteiger partial charge in [0.05, 0.1) is 48.7 Å². The van der Waals surface area contributed by atoms with E-state index in [1.165, 1.54) is 7.11 Å². The van der Waals surface area contributed by atoms with Crippen LogP contribution in [0, 0.1) is 13.8 Å². The van der Waals surface area contributed by atoms with Crippen molar-refractivity contribution in [1.29, 1.82) is 0 Å². The van der Waals surface area contributed by atoms with Crippen molar-refractivity contribution in [2.45, 2.75) is 25.9 Å². The van der Waals surface area contributed by atoms with Gasteiger partial charge in [-0.2, -0.15) is 0 Å². The molecule has 38 heavy (non-hydrogen) atoms. The molecular weight excluding hydrogens is 520 g/mol. The van der Waals surface area contributed by atoms with E-state index in [2.05, 4.69) is 44.5 Å². The molecule has 9 nitrogen and oxygen atoms in total. The molecule has 11 heteroatoms. The van der Waals surface area contributed by atoms with Crippen LogP contribution < -0.4 is 19.7 Å². The summed E-state index contributed by atoms with van der Waals surface area (Å²) in [7, 11) is -2.04. The van der Waals surface area contributed by atoms with Crippen molar-refractivity contribution in [3.63, 3.8) is 0 Å². The second kappa shape index (κ2) is 10.1. The monoisotopic (exact) mass is 548 g/mol. The zero-order chi connectivity index (χ0) is 27.0. The van der Waals surface area contributed by atoms with Crippen LogP contribution in [0.2, 0.25) is 0 Å². The molecule has 1 aliphatic rings. The minimum absolute atomic E-state index is 0.250. The summed E-state index contributed by atoms with van der Waals surface area (Å²) < 4.78 is 34.3. The van der Waals surface area contributed by atoms with Gasteiger partial charge in [0.1, 0.15) is 5.75 Å². The Labute approximate surface area is 227 Å². The summed E-state index contributed by atoms with van der Waals surface area (Å²) in [5.41, 5.74) is 6.00. The molecule has 0 amide bonds. The van der Waals surface area contributed by atoms with Gasteiger partial charge in [-0.15, -0.1) is 0 Å². The third kappa shape index (κ3) is 4.82. The van der Waals surface area contributed by atoms with E-state index in [0.29, 0.717) is 22.2 Å². The summed E-state index contributed by atoms with van der Waals surface area (Å²) in [6, 6.07) is 16.7. The van der Waals surface area contributed by atoms with Crippen LogP contribution in [0.4, 0.5) is 11.4 Å². The number of nitrogens with one attached hydrogen (secondary N) is 2. The largest absolute Gasteiger partial charge is 0.495 e. The molecule has 2 N–H and O–H groups in total. The fourth-order valence-corrected chi connectivity index (χ4v) is 5.95. The molecule has 0 aliphatic carbocycles. The Bertz CT molecular complexity index is 1590. The topological polar surface area (TPSA) is 101 Å². The fraction of sp³-hybridized carbons (Fsp3) is 0.222. The average Bonchev–Trinajstić information content (AvgIpc) is 3.39. The summed E-state index contributed by atoms with van der Waals surface area (Å²) in [6.07, 6.45) is 6.46. The van der Waals surface area contributed by atoms with Crippen LogP contribution in [0.15, 0.2) is 73.2 Å². The SMILES string of the molecule is COc1ccc(N2C(=S)NC(c3ccccn3)C2c2cc(C)n(-c3cccnc3)c2C)cc1NS(C)(=O)=O. The first-order valence-corrected chi connectivity index (χ1v) is 14.2. The van der Waals surface area contributed by atoms with Crippen LogP contribution in [0.25, 0.3) is 5.69 Å². The Morgan fingerprint density at radius 3 is 2.53 bits per heavy atom. The first-order valence-electron chi connectivity index (χ1n) is 11.9. The van der Waals surface area contributed by atoms with Crippen molar-refractivity contribution >= 4 is 38.7 Å². The predicted molar refractivity (Wildman–Crippen MR) is 152 cm³/mol. The van der Waals surface area contributed by atoms with Crippen LogP contribution in [0.5, 0.6) is 5.75 Å². The second-order valence-electron chi connectivity index (χ2n) is 9.13. The van der Waals surface area contributed by atoms with Crippen LogP contribution in [0.1, 0.15) is 34.7 Å². The minimum Gasteiger partial charge on any atom is -0.495 e. The van der Waals surface area contributed by atoms with Crippen molar-refractivity contribution < 1.29 is 13.2 Å². The molecule has 3 aromatic heterocycles. The maximum atomic E-state index is 12.1. The van der Waals surface area contributed by atoms with Crippen LogP contribution in [-0.4, -0.2) is 41.4 Å². The van der Waals surface area contributed by atoms with Crippen molar-refractivity contribution in [3.05, 3.63) is 95.8 Å². The zero-order valence-electron chi connectivity index (χ0n) is 21.4. The number of hydrogen-bond acceptors (Lipinski definition) is 6. The molecule has 1 saturated heterocycles. The number of thiocarbonyl (C=S) groups is 1. The lowest BCUT2D eigenvalue weighted by atomic mass is 9.96. The van der Waals surface area contributed by atoms with Gasteiger partial charge in [-0.05, 0) is 80.2 Å². The number of rotatable bonds is 7. The van der Waals surface area contributed by atoms with Crippen molar-refractivity contribution in [1.82, 2.24) is 19.9 Å². The highest BCUT2D eigenvalue weighted by molar-refractivity contribution is 7.92. The third-order valence-electron chi connectivity index (χ3n) is 6.55. The smallest absolute Gasteiger partial charge is 0.229 e. The molecule has 2 atom stereocenters. The normalized spacial score (nSPS) is 17.4. The third-order valence-corrected chi connectivity index (χ3v) is 7.45. The Kier molecular flexibility index (Phi) is 6.80. The van der Waals surface area contributed by atoms with Gasteiger partial charge in [0.15, 0.2) is 5.11 Å². The number of anilines is 2. The molecule has 196 valence electrons. The van der Waals surface area contributed by atoms with E-state index in [1.807, 2.05) is 47.5 Å². The molecule has 0 saturated carbocycles. The van der Waals surface area contributed by atoms with Crippen LogP contribution in [-0.2, 0) is 10.0 Å². The van der Waals surface area contributed by atoms with Crippen LogP contribution >= 0.6 is 12.2 Å². The van der Waals surface area contributed by atoms with Gasteiger partial charge < -0.3 is 19.5 Å². The van der Waals surface area contributed by atoms with Gasteiger partial charge >= 0.3 is 0 Å². The standard InChI is InChI=1S/C27H28N6O3S2/c1-17-14-21(18(2)32(17)20-8-7-12-28-16-20)26-25(22-9-5-6-13-29-22)30-27(37)33(26)19-10-11-24(36-3)23(15-19)31-38(4,34)35/h5-16,25-26,31H,1-4H3,(H,30,37). The van der Waals surface area contributed by atoms with Gasteiger partial charge in [-0.3, -0.25) is 14.7 Å². The van der Waals surface area contributed by atoms with Crippen LogP contribution in [0.3, 0.4) is 0 Å². The van der Waals surface area contributed by atoms with E-state index in [9.17, 15) is 8.42 Å². The Morgan fingerprint density at radius 2 is 1.87 bits per heavy atom. The number of ether oxygens (including phenoxy) is 1. The first kappa shape index (κ1) is 25.7. The number of methoxy groups -OCH3 is 1. The number of hydrogen-bond donors (Lipinski definition) is 2. The molecule has 4 heterocycles. The molecule has 0 radical (unpaired) electrons. The Balaban J connectivity index is 1.68. The zero-order valence-corrected chi connectivity index (χ0v) is 23.0. The quantitative estimate of drug-likeness (QED) is 0.327. The van der Waals surface area contributed by atoms with Gasteiger partial charge in [0.25, 0.3) is 0 Å². The number of pyridine rings is 2. The number of aryl methyl sites for hydroxylation is 1. The highest BCUT2D eigenvalue weighted by Gasteiger charge is 2.42.